The lowest BCUT2D eigenvalue weighted by atomic mass is 10.0. The Balaban J connectivity index is 1.88. The molecule has 3 aromatic rings. The Morgan fingerprint density at radius 3 is 2.54 bits per heavy atom. The topological polar surface area (TPSA) is 62.6 Å². The van der Waals surface area contributed by atoms with Crippen LogP contribution in [0.1, 0.15) is 48.6 Å². The third-order valence-electron chi connectivity index (χ3n) is 4.22. The first-order chi connectivity index (χ1) is 11.6. The Kier molecular flexibility index (Phi) is 4.76. The number of nitrogens with zero attached hydrogens (tertiary/aromatic N) is 5. The van der Waals surface area contributed by atoms with Crippen molar-refractivity contribution in [1.82, 2.24) is 29.9 Å². The van der Waals surface area contributed by atoms with Crippen molar-refractivity contribution in [2.45, 2.75) is 39.4 Å². The van der Waals surface area contributed by atoms with E-state index in [1.54, 1.807) is 6.33 Å². The van der Waals surface area contributed by atoms with Gasteiger partial charge in [-0.2, -0.15) is 10.2 Å². The highest BCUT2D eigenvalue weighted by atomic mass is 15.3. The predicted molar refractivity (Wildman–Crippen MR) is 93.5 cm³/mol. The molecule has 6 nitrogen and oxygen atoms in total. The maximum absolute atomic E-state index is 4.61. The summed E-state index contributed by atoms with van der Waals surface area (Å²) in [5, 5.41) is 11.7. The lowest BCUT2D eigenvalue weighted by Gasteiger charge is -2.26. The molecule has 6 heteroatoms. The SMILES string of the molecule is Cc1nn(C(C)C)cc1CN(C)C(c1ccccc1)c1ncn[nH]1. The molecule has 1 unspecified atom stereocenters. The van der Waals surface area contributed by atoms with Crippen LogP contribution in [0.3, 0.4) is 0 Å². The molecule has 0 amide bonds. The summed E-state index contributed by atoms with van der Waals surface area (Å²) in [4.78, 5) is 6.65. The number of aromatic amines is 1. The van der Waals surface area contributed by atoms with Crippen LogP contribution in [0.2, 0.25) is 0 Å². The van der Waals surface area contributed by atoms with Gasteiger partial charge >= 0.3 is 0 Å². The van der Waals surface area contributed by atoms with Gasteiger partial charge in [0.2, 0.25) is 0 Å². The van der Waals surface area contributed by atoms with Gasteiger partial charge in [-0.1, -0.05) is 30.3 Å². The third kappa shape index (κ3) is 3.38. The number of rotatable bonds is 6. The van der Waals surface area contributed by atoms with Gasteiger partial charge in [-0.25, -0.2) is 4.98 Å². The van der Waals surface area contributed by atoms with Crippen molar-refractivity contribution in [3.63, 3.8) is 0 Å². The van der Waals surface area contributed by atoms with Crippen molar-refractivity contribution in [3.8, 4) is 0 Å². The van der Waals surface area contributed by atoms with Crippen LogP contribution in [0.25, 0.3) is 0 Å². The van der Waals surface area contributed by atoms with E-state index in [2.05, 4.69) is 83.5 Å². The van der Waals surface area contributed by atoms with Crippen molar-refractivity contribution in [1.29, 1.82) is 0 Å². The zero-order chi connectivity index (χ0) is 17.1. The smallest absolute Gasteiger partial charge is 0.146 e. The molecule has 0 saturated heterocycles. The van der Waals surface area contributed by atoms with Crippen LogP contribution in [0, 0.1) is 6.92 Å². The molecule has 1 aromatic carbocycles. The van der Waals surface area contributed by atoms with Gasteiger partial charge in [0.25, 0.3) is 0 Å². The second kappa shape index (κ2) is 6.97. The van der Waals surface area contributed by atoms with Gasteiger partial charge in [0.15, 0.2) is 0 Å². The van der Waals surface area contributed by atoms with Crippen molar-refractivity contribution in [3.05, 3.63) is 65.5 Å². The van der Waals surface area contributed by atoms with Gasteiger partial charge < -0.3 is 0 Å². The van der Waals surface area contributed by atoms with E-state index in [-0.39, 0.29) is 6.04 Å². The number of H-pyrrole nitrogens is 1. The summed E-state index contributed by atoms with van der Waals surface area (Å²) in [5.41, 5.74) is 3.48. The Labute approximate surface area is 142 Å². The third-order valence-corrected chi connectivity index (χ3v) is 4.22. The van der Waals surface area contributed by atoms with Gasteiger partial charge in [-0.3, -0.25) is 14.7 Å². The molecule has 126 valence electrons. The molecule has 0 saturated carbocycles. The van der Waals surface area contributed by atoms with E-state index in [0.717, 1.165) is 18.1 Å². The molecule has 0 aliphatic carbocycles. The molecule has 24 heavy (non-hydrogen) atoms. The monoisotopic (exact) mass is 324 g/mol. The number of aromatic nitrogens is 5. The fraction of sp³-hybridized carbons (Fsp3) is 0.389. The molecule has 1 N–H and O–H groups in total. The summed E-state index contributed by atoms with van der Waals surface area (Å²) in [6.45, 7) is 7.13. The van der Waals surface area contributed by atoms with Crippen LogP contribution in [0.5, 0.6) is 0 Å². The van der Waals surface area contributed by atoms with E-state index in [1.807, 2.05) is 10.7 Å². The van der Waals surface area contributed by atoms with Crippen LogP contribution in [-0.4, -0.2) is 36.9 Å². The van der Waals surface area contributed by atoms with Crippen LogP contribution in [0.15, 0.2) is 42.9 Å². The Hall–Kier alpha value is -2.47. The van der Waals surface area contributed by atoms with Gasteiger partial charge in [0, 0.05) is 24.3 Å². The largest absolute Gasteiger partial charge is 0.288 e. The number of benzene rings is 1. The first-order valence-corrected chi connectivity index (χ1v) is 8.21. The quantitative estimate of drug-likeness (QED) is 0.757. The highest BCUT2D eigenvalue weighted by Crippen LogP contribution is 2.26. The van der Waals surface area contributed by atoms with E-state index in [0.29, 0.717) is 6.04 Å². The van der Waals surface area contributed by atoms with Gasteiger partial charge in [0.05, 0.1) is 11.7 Å². The summed E-state index contributed by atoms with van der Waals surface area (Å²) in [6.07, 6.45) is 3.69. The Morgan fingerprint density at radius 2 is 1.96 bits per heavy atom. The van der Waals surface area contributed by atoms with Crippen molar-refractivity contribution in [2.75, 3.05) is 7.05 Å². The molecule has 0 radical (unpaired) electrons. The highest BCUT2D eigenvalue weighted by Gasteiger charge is 2.23. The average molecular weight is 324 g/mol. The normalized spacial score (nSPS) is 12.9. The summed E-state index contributed by atoms with van der Waals surface area (Å²) >= 11 is 0. The number of nitrogens with one attached hydrogen (secondary N) is 1. The summed E-state index contributed by atoms with van der Waals surface area (Å²) in [5.74, 6) is 0.845. The van der Waals surface area contributed by atoms with Crippen molar-refractivity contribution < 1.29 is 0 Å². The molecule has 1 atom stereocenters. The standard InChI is InChI=1S/C18H24N6/c1-13(2)24-11-16(14(3)22-24)10-23(4)17(18-19-12-20-21-18)15-8-6-5-7-9-15/h5-9,11-13,17H,10H2,1-4H3,(H,19,20,21). The minimum Gasteiger partial charge on any atom is -0.288 e. The van der Waals surface area contributed by atoms with E-state index >= 15 is 0 Å². The fourth-order valence-electron chi connectivity index (χ4n) is 2.90. The molecular formula is C18H24N6. The zero-order valence-corrected chi connectivity index (χ0v) is 14.6. The van der Waals surface area contributed by atoms with Crippen LogP contribution in [0.4, 0.5) is 0 Å². The Morgan fingerprint density at radius 1 is 1.21 bits per heavy atom. The minimum atomic E-state index is 0.0236. The molecule has 3 rings (SSSR count). The van der Waals surface area contributed by atoms with Gasteiger partial charge in [0.1, 0.15) is 12.2 Å². The average Bonchev–Trinajstić information content (AvgIpc) is 3.20. The molecule has 2 aromatic heterocycles. The fourth-order valence-corrected chi connectivity index (χ4v) is 2.90. The van der Waals surface area contributed by atoms with Crippen LogP contribution < -0.4 is 0 Å². The lowest BCUT2D eigenvalue weighted by Crippen LogP contribution is -2.26. The van der Waals surface area contributed by atoms with Crippen molar-refractivity contribution >= 4 is 0 Å². The second-order valence-electron chi connectivity index (χ2n) is 6.41. The maximum Gasteiger partial charge on any atom is 0.146 e. The predicted octanol–water partition coefficient (Wildman–Crippen LogP) is 3.11. The summed E-state index contributed by atoms with van der Waals surface area (Å²) in [6, 6.07) is 10.8. The minimum absolute atomic E-state index is 0.0236. The number of aryl methyl sites for hydroxylation is 1. The van der Waals surface area contributed by atoms with Gasteiger partial charge in [-0.15, -0.1) is 0 Å². The first-order valence-electron chi connectivity index (χ1n) is 8.21. The molecular weight excluding hydrogens is 300 g/mol. The summed E-state index contributed by atoms with van der Waals surface area (Å²) in [7, 11) is 2.10. The zero-order valence-electron chi connectivity index (χ0n) is 14.6. The second-order valence-corrected chi connectivity index (χ2v) is 6.41. The van der Waals surface area contributed by atoms with E-state index < -0.39 is 0 Å². The maximum atomic E-state index is 4.61. The van der Waals surface area contributed by atoms with Crippen LogP contribution in [-0.2, 0) is 6.54 Å². The molecule has 0 aliphatic rings. The molecule has 0 bridgehead atoms. The lowest BCUT2D eigenvalue weighted by molar-refractivity contribution is 0.261. The molecule has 0 aliphatic heterocycles. The van der Waals surface area contributed by atoms with Crippen LogP contribution >= 0.6 is 0 Å². The molecule has 0 fully saturated rings. The number of hydrogen-bond acceptors (Lipinski definition) is 4. The van der Waals surface area contributed by atoms with Crippen molar-refractivity contribution in [2.24, 2.45) is 0 Å². The van der Waals surface area contributed by atoms with E-state index in [1.165, 1.54) is 11.1 Å². The first kappa shape index (κ1) is 16.4. The number of hydrogen-bond donors (Lipinski definition) is 1. The summed E-state index contributed by atoms with van der Waals surface area (Å²) < 4.78 is 2.02. The van der Waals surface area contributed by atoms with E-state index in [4.69, 9.17) is 0 Å². The molecule has 2 heterocycles. The molecule has 0 spiro atoms. The highest BCUT2D eigenvalue weighted by molar-refractivity contribution is 5.25. The van der Waals surface area contributed by atoms with E-state index in [9.17, 15) is 0 Å². The Bertz CT molecular complexity index is 760. The van der Waals surface area contributed by atoms with Gasteiger partial charge in [-0.05, 0) is 33.4 Å².